The number of nitrogens with two attached hydrogens (primary N) is 1. The van der Waals surface area contributed by atoms with Crippen molar-refractivity contribution < 1.29 is 18.3 Å². The van der Waals surface area contributed by atoms with Crippen molar-refractivity contribution in [1.82, 2.24) is 5.43 Å². The van der Waals surface area contributed by atoms with Crippen LogP contribution in [0.25, 0.3) is 0 Å². The van der Waals surface area contributed by atoms with E-state index in [0.717, 1.165) is 0 Å². The molecule has 0 aliphatic heterocycles. The van der Waals surface area contributed by atoms with Crippen LogP contribution < -0.4 is 16.0 Å². The standard InChI is InChI=1S/C8H6BrClF2N2O2/c9-5-2-3(10)1-4(7(15)14-13)6(5)16-8(11)12/h1-2,8H,13H2,(H,14,15). The molecule has 1 aromatic carbocycles. The fraction of sp³-hybridized carbons (Fsp3) is 0.125. The number of hydrogen-bond acceptors (Lipinski definition) is 3. The minimum Gasteiger partial charge on any atom is -0.433 e. The van der Waals surface area contributed by atoms with E-state index in [1.165, 1.54) is 12.1 Å². The average molecular weight is 316 g/mol. The monoisotopic (exact) mass is 314 g/mol. The molecular formula is C8H6BrClF2N2O2. The highest BCUT2D eigenvalue weighted by atomic mass is 79.9. The molecule has 0 bridgehead atoms. The van der Waals surface area contributed by atoms with Crippen LogP contribution in [0.3, 0.4) is 0 Å². The van der Waals surface area contributed by atoms with Crippen LogP contribution in [0.1, 0.15) is 10.4 Å². The van der Waals surface area contributed by atoms with Gasteiger partial charge in [-0.25, -0.2) is 5.84 Å². The van der Waals surface area contributed by atoms with E-state index in [2.05, 4.69) is 20.7 Å². The van der Waals surface area contributed by atoms with Crippen LogP contribution in [0.15, 0.2) is 16.6 Å². The number of ether oxygens (including phenoxy) is 1. The first kappa shape index (κ1) is 13.1. The first-order valence-electron chi connectivity index (χ1n) is 3.90. The van der Waals surface area contributed by atoms with Gasteiger partial charge in [-0.05, 0) is 28.1 Å². The van der Waals surface area contributed by atoms with Crippen molar-refractivity contribution in [2.24, 2.45) is 5.84 Å². The highest BCUT2D eigenvalue weighted by molar-refractivity contribution is 9.10. The number of nitrogen functional groups attached to an aromatic ring is 1. The number of alkyl halides is 2. The normalized spacial score (nSPS) is 10.4. The van der Waals surface area contributed by atoms with Crippen LogP contribution in [0.2, 0.25) is 5.02 Å². The third-order valence-electron chi connectivity index (χ3n) is 1.59. The van der Waals surface area contributed by atoms with Crippen molar-refractivity contribution >= 4 is 33.4 Å². The van der Waals surface area contributed by atoms with Gasteiger partial charge in [0.25, 0.3) is 5.91 Å². The van der Waals surface area contributed by atoms with Gasteiger partial charge in [-0.2, -0.15) is 8.78 Å². The first-order valence-corrected chi connectivity index (χ1v) is 5.07. The number of hydrazine groups is 1. The number of hydrogen-bond donors (Lipinski definition) is 2. The summed E-state index contributed by atoms with van der Waals surface area (Å²) in [6.07, 6.45) is 0. The Kier molecular flexibility index (Phi) is 4.45. The minimum absolute atomic E-state index is 0.138. The average Bonchev–Trinajstić information content (AvgIpc) is 2.20. The summed E-state index contributed by atoms with van der Waals surface area (Å²) in [4.78, 5) is 11.3. The lowest BCUT2D eigenvalue weighted by Crippen LogP contribution is -2.30. The van der Waals surface area contributed by atoms with E-state index in [0.29, 0.717) is 0 Å². The third-order valence-corrected chi connectivity index (χ3v) is 2.40. The molecule has 0 aromatic heterocycles. The zero-order valence-corrected chi connectivity index (χ0v) is 9.98. The Labute approximate surface area is 103 Å². The number of amides is 1. The molecule has 1 aromatic rings. The topological polar surface area (TPSA) is 64.3 Å². The van der Waals surface area contributed by atoms with Gasteiger partial charge in [0.1, 0.15) is 0 Å². The Morgan fingerprint density at radius 2 is 2.19 bits per heavy atom. The zero-order valence-electron chi connectivity index (χ0n) is 7.64. The van der Waals surface area contributed by atoms with Gasteiger partial charge in [-0.15, -0.1) is 0 Å². The Hall–Kier alpha value is -0.920. The second-order valence-corrected chi connectivity index (χ2v) is 3.91. The number of halogens is 4. The molecule has 0 fully saturated rings. The van der Waals surface area contributed by atoms with Crippen molar-refractivity contribution in [3.8, 4) is 5.75 Å². The Morgan fingerprint density at radius 3 is 2.69 bits per heavy atom. The van der Waals surface area contributed by atoms with E-state index in [-0.39, 0.29) is 20.8 Å². The molecule has 0 saturated heterocycles. The molecule has 0 aliphatic carbocycles. The molecule has 0 atom stereocenters. The lowest BCUT2D eigenvalue weighted by molar-refractivity contribution is -0.0506. The smallest absolute Gasteiger partial charge is 0.387 e. The van der Waals surface area contributed by atoms with E-state index in [4.69, 9.17) is 17.4 Å². The lowest BCUT2D eigenvalue weighted by atomic mass is 10.2. The van der Waals surface area contributed by atoms with Gasteiger partial charge in [-0.3, -0.25) is 10.2 Å². The molecule has 0 radical (unpaired) electrons. The van der Waals surface area contributed by atoms with E-state index in [9.17, 15) is 13.6 Å². The van der Waals surface area contributed by atoms with E-state index < -0.39 is 12.5 Å². The van der Waals surface area contributed by atoms with E-state index in [1.807, 2.05) is 0 Å². The molecule has 1 rings (SSSR count). The van der Waals surface area contributed by atoms with Crippen LogP contribution in [-0.2, 0) is 0 Å². The highest BCUT2D eigenvalue weighted by Crippen LogP contribution is 2.33. The van der Waals surface area contributed by atoms with Gasteiger partial charge in [0.2, 0.25) is 0 Å². The summed E-state index contributed by atoms with van der Waals surface area (Å²) in [5, 5.41) is 0.187. The Morgan fingerprint density at radius 1 is 1.56 bits per heavy atom. The summed E-state index contributed by atoms with van der Waals surface area (Å²) in [7, 11) is 0. The molecule has 88 valence electrons. The summed E-state index contributed by atoms with van der Waals surface area (Å²) >= 11 is 8.63. The number of benzene rings is 1. The number of carbonyl (C=O) groups excluding carboxylic acids is 1. The van der Waals surface area contributed by atoms with Crippen LogP contribution in [0, 0.1) is 0 Å². The SMILES string of the molecule is NNC(=O)c1cc(Cl)cc(Br)c1OC(F)F. The summed E-state index contributed by atoms with van der Waals surface area (Å²) < 4.78 is 28.6. The zero-order chi connectivity index (χ0) is 12.3. The molecule has 1 amide bonds. The maximum absolute atomic E-state index is 12.1. The molecule has 4 nitrogen and oxygen atoms in total. The van der Waals surface area contributed by atoms with Gasteiger partial charge < -0.3 is 4.74 Å². The molecule has 0 saturated carbocycles. The fourth-order valence-electron chi connectivity index (χ4n) is 1.02. The summed E-state index contributed by atoms with van der Waals surface area (Å²) in [6, 6.07) is 2.50. The third kappa shape index (κ3) is 3.03. The molecule has 3 N–H and O–H groups in total. The second-order valence-electron chi connectivity index (χ2n) is 2.62. The van der Waals surface area contributed by atoms with Gasteiger partial charge >= 0.3 is 6.61 Å². The predicted molar refractivity (Wildman–Crippen MR) is 57.4 cm³/mol. The van der Waals surface area contributed by atoms with Gasteiger partial charge in [0, 0.05) is 5.02 Å². The van der Waals surface area contributed by atoms with Crippen molar-refractivity contribution in [2.45, 2.75) is 6.61 Å². The summed E-state index contributed by atoms with van der Waals surface area (Å²) in [5.74, 6) is 3.81. The summed E-state index contributed by atoms with van der Waals surface area (Å²) in [5.41, 5.74) is 1.63. The largest absolute Gasteiger partial charge is 0.433 e. The van der Waals surface area contributed by atoms with Crippen molar-refractivity contribution in [3.63, 3.8) is 0 Å². The van der Waals surface area contributed by atoms with Crippen LogP contribution >= 0.6 is 27.5 Å². The maximum Gasteiger partial charge on any atom is 0.387 e. The predicted octanol–water partition coefficient (Wildman–Crippen LogP) is 2.31. The molecule has 8 heteroatoms. The quantitative estimate of drug-likeness (QED) is 0.511. The molecular weight excluding hydrogens is 309 g/mol. The van der Waals surface area contributed by atoms with Crippen LogP contribution in [0.5, 0.6) is 5.75 Å². The fourth-order valence-corrected chi connectivity index (χ4v) is 1.92. The lowest BCUT2D eigenvalue weighted by Gasteiger charge is -2.11. The Bertz CT molecular complexity index is 417. The second kappa shape index (κ2) is 5.42. The van der Waals surface area contributed by atoms with Gasteiger partial charge in [-0.1, -0.05) is 11.6 Å². The van der Waals surface area contributed by atoms with Crippen molar-refractivity contribution in [1.29, 1.82) is 0 Å². The minimum atomic E-state index is -3.05. The van der Waals surface area contributed by atoms with Crippen LogP contribution in [-0.4, -0.2) is 12.5 Å². The first-order chi connectivity index (χ1) is 7.45. The van der Waals surface area contributed by atoms with Gasteiger partial charge in [0.05, 0.1) is 10.0 Å². The molecule has 0 heterocycles. The molecule has 16 heavy (non-hydrogen) atoms. The number of carbonyl (C=O) groups is 1. The molecule has 0 spiro atoms. The van der Waals surface area contributed by atoms with Gasteiger partial charge in [0.15, 0.2) is 5.75 Å². The number of rotatable bonds is 3. The summed E-state index contributed by atoms with van der Waals surface area (Å²) in [6.45, 7) is -3.05. The van der Waals surface area contributed by atoms with E-state index in [1.54, 1.807) is 5.43 Å². The highest BCUT2D eigenvalue weighted by Gasteiger charge is 2.19. The molecule has 0 unspecified atom stereocenters. The molecule has 0 aliphatic rings. The van der Waals surface area contributed by atoms with Crippen molar-refractivity contribution in [3.05, 3.63) is 27.2 Å². The van der Waals surface area contributed by atoms with Crippen LogP contribution in [0.4, 0.5) is 8.78 Å². The maximum atomic E-state index is 12.1. The van der Waals surface area contributed by atoms with Crippen molar-refractivity contribution in [2.75, 3.05) is 0 Å². The Balaban J connectivity index is 3.26. The number of nitrogens with one attached hydrogen (secondary N) is 1. The van der Waals surface area contributed by atoms with E-state index >= 15 is 0 Å².